The molecule has 5 nitrogen and oxygen atoms in total. The molecule has 1 spiro atoms. The number of piperidine rings is 2. The molecule has 1 aromatic rings. The van der Waals surface area contributed by atoms with Crippen molar-refractivity contribution in [2.75, 3.05) is 26.2 Å². The molecule has 6 heteroatoms. The average Bonchev–Trinajstić information content (AvgIpc) is 2.63. The van der Waals surface area contributed by atoms with Crippen LogP contribution in [0.15, 0.2) is 35.2 Å². The van der Waals surface area contributed by atoms with E-state index in [1.807, 2.05) is 11.0 Å². The number of benzene rings is 1. The number of carbonyl (C=O) groups excluding carboxylic acids is 1. The Morgan fingerprint density at radius 2 is 1.85 bits per heavy atom. The first-order valence-electron chi connectivity index (χ1n) is 9.65. The summed E-state index contributed by atoms with van der Waals surface area (Å²) in [4.78, 5) is 14.7. The maximum absolute atomic E-state index is 13.0. The van der Waals surface area contributed by atoms with Gasteiger partial charge in [0.2, 0.25) is 15.9 Å². The van der Waals surface area contributed by atoms with Gasteiger partial charge in [0.1, 0.15) is 0 Å². The van der Waals surface area contributed by atoms with Gasteiger partial charge < -0.3 is 4.90 Å². The summed E-state index contributed by atoms with van der Waals surface area (Å²) >= 11 is 0. The van der Waals surface area contributed by atoms with Crippen LogP contribution in [0.1, 0.15) is 46.0 Å². The Hall–Kier alpha value is -1.40. The molecule has 0 aliphatic carbocycles. The van der Waals surface area contributed by atoms with Crippen molar-refractivity contribution in [1.29, 1.82) is 0 Å². The monoisotopic (exact) mass is 378 g/mol. The van der Waals surface area contributed by atoms with E-state index in [0.717, 1.165) is 32.2 Å². The van der Waals surface area contributed by atoms with Crippen LogP contribution < -0.4 is 0 Å². The molecular formula is C20H30N2O3S. The molecule has 1 atom stereocenters. The molecule has 2 aliphatic heterocycles. The van der Waals surface area contributed by atoms with Gasteiger partial charge in [0.05, 0.1) is 4.90 Å². The van der Waals surface area contributed by atoms with Gasteiger partial charge in [-0.05, 0) is 43.7 Å². The SMILES string of the molecule is CC(C)CCN1C[C@]2(CCCN(S(=O)(=O)c3ccccc3)C2)CCC1=O. The van der Waals surface area contributed by atoms with Gasteiger partial charge in [-0.2, -0.15) is 4.31 Å². The number of rotatable bonds is 5. The fourth-order valence-electron chi connectivity index (χ4n) is 4.16. The van der Waals surface area contributed by atoms with Crippen molar-refractivity contribution in [2.24, 2.45) is 11.3 Å². The molecule has 0 radical (unpaired) electrons. The molecule has 3 rings (SSSR count). The van der Waals surface area contributed by atoms with E-state index < -0.39 is 10.0 Å². The predicted molar refractivity (Wildman–Crippen MR) is 102 cm³/mol. The summed E-state index contributed by atoms with van der Waals surface area (Å²) in [6.07, 6.45) is 4.19. The van der Waals surface area contributed by atoms with Crippen LogP contribution in [-0.2, 0) is 14.8 Å². The number of amides is 1. The third-order valence-corrected chi connectivity index (χ3v) is 7.59. The van der Waals surface area contributed by atoms with Gasteiger partial charge in [0.15, 0.2) is 0 Å². The first-order valence-corrected chi connectivity index (χ1v) is 11.1. The summed E-state index contributed by atoms with van der Waals surface area (Å²) in [5.74, 6) is 0.779. The Morgan fingerprint density at radius 1 is 1.12 bits per heavy atom. The van der Waals surface area contributed by atoms with Gasteiger partial charge in [-0.3, -0.25) is 4.79 Å². The molecule has 2 saturated heterocycles. The fraction of sp³-hybridized carbons (Fsp3) is 0.650. The lowest BCUT2D eigenvalue weighted by Gasteiger charge is -2.48. The number of hydrogen-bond donors (Lipinski definition) is 0. The largest absolute Gasteiger partial charge is 0.342 e. The summed E-state index contributed by atoms with van der Waals surface area (Å²) in [5.41, 5.74) is -0.0923. The lowest BCUT2D eigenvalue weighted by molar-refractivity contribution is -0.138. The van der Waals surface area contributed by atoms with Crippen molar-refractivity contribution < 1.29 is 13.2 Å². The number of carbonyl (C=O) groups is 1. The highest BCUT2D eigenvalue weighted by Crippen LogP contribution is 2.40. The van der Waals surface area contributed by atoms with E-state index >= 15 is 0 Å². The second kappa shape index (κ2) is 7.69. The van der Waals surface area contributed by atoms with Gasteiger partial charge in [0, 0.05) is 38.0 Å². The highest BCUT2D eigenvalue weighted by atomic mass is 32.2. The third-order valence-electron chi connectivity index (χ3n) is 5.73. The van der Waals surface area contributed by atoms with E-state index in [2.05, 4.69) is 13.8 Å². The quantitative estimate of drug-likeness (QED) is 0.791. The first-order chi connectivity index (χ1) is 12.3. The molecule has 0 bridgehead atoms. The Kier molecular flexibility index (Phi) is 5.72. The van der Waals surface area contributed by atoms with Crippen LogP contribution in [0.25, 0.3) is 0 Å². The summed E-state index contributed by atoms with van der Waals surface area (Å²) < 4.78 is 27.7. The van der Waals surface area contributed by atoms with Crippen LogP contribution in [0.2, 0.25) is 0 Å². The topological polar surface area (TPSA) is 57.7 Å². The summed E-state index contributed by atoms with van der Waals surface area (Å²) in [5, 5.41) is 0. The summed E-state index contributed by atoms with van der Waals surface area (Å²) in [7, 11) is -3.46. The van der Waals surface area contributed by atoms with Gasteiger partial charge in [-0.1, -0.05) is 32.0 Å². The number of hydrogen-bond acceptors (Lipinski definition) is 3. The Labute approximate surface area is 157 Å². The van der Waals surface area contributed by atoms with Crippen molar-refractivity contribution in [1.82, 2.24) is 9.21 Å². The van der Waals surface area contributed by atoms with Gasteiger partial charge in [0.25, 0.3) is 0 Å². The zero-order valence-corrected chi connectivity index (χ0v) is 16.7. The molecule has 2 aliphatic rings. The van der Waals surface area contributed by atoms with Gasteiger partial charge in [-0.15, -0.1) is 0 Å². The second-order valence-corrected chi connectivity index (χ2v) is 10.2. The minimum atomic E-state index is -3.46. The molecule has 2 fully saturated rings. The van der Waals surface area contributed by atoms with Crippen LogP contribution in [0.3, 0.4) is 0 Å². The number of sulfonamides is 1. The predicted octanol–water partition coefficient (Wildman–Crippen LogP) is 3.13. The first kappa shape index (κ1) is 19.4. The molecular weight excluding hydrogens is 348 g/mol. The normalized spacial score (nSPS) is 25.2. The molecule has 2 heterocycles. The zero-order chi connectivity index (χ0) is 18.8. The second-order valence-electron chi connectivity index (χ2n) is 8.25. The molecule has 0 saturated carbocycles. The van der Waals surface area contributed by atoms with Crippen LogP contribution >= 0.6 is 0 Å². The van der Waals surface area contributed by atoms with E-state index in [4.69, 9.17) is 0 Å². The van der Waals surface area contributed by atoms with Crippen molar-refractivity contribution in [3.63, 3.8) is 0 Å². The fourth-order valence-corrected chi connectivity index (χ4v) is 5.78. The van der Waals surface area contributed by atoms with Crippen molar-refractivity contribution in [3.8, 4) is 0 Å². The highest BCUT2D eigenvalue weighted by Gasteiger charge is 2.44. The minimum absolute atomic E-state index is 0.0923. The average molecular weight is 379 g/mol. The molecule has 0 unspecified atom stereocenters. The van der Waals surface area contributed by atoms with Crippen molar-refractivity contribution in [3.05, 3.63) is 30.3 Å². The maximum Gasteiger partial charge on any atom is 0.243 e. The Bertz CT molecular complexity index is 733. The molecule has 0 aromatic heterocycles. The van der Waals surface area contributed by atoms with Crippen LogP contribution in [0.4, 0.5) is 0 Å². The van der Waals surface area contributed by atoms with E-state index in [1.165, 1.54) is 0 Å². The molecule has 26 heavy (non-hydrogen) atoms. The Morgan fingerprint density at radius 3 is 2.54 bits per heavy atom. The maximum atomic E-state index is 13.0. The third kappa shape index (κ3) is 4.12. The zero-order valence-electron chi connectivity index (χ0n) is 15.9. The Balaban J connectivity index is 1.76. The summed E-state index contributed by atoms with van der Waals surface area (Å²) in [6.45, 7) is 6.90. The van der Waals surface area contributed by atoms with Crippen molar-refractivity contribution in [2.45, 2.75) is 50.8 Å². The molecule has 144 valence electrons. The van der Waals surface area contributed by atoms with Gasteiger partial charge in [-0.25, -0.2) is 8.42 Å². The van der Waals surface area contributed by atoms with Crippen LogP contribution in [0.5, 0.6) is 0 Å². The van der Waals surface area contributed by atoms with E-state index in [9.17, 15) is 13.2 Å². The van der Waals surface area contributed by atoms with Gasteiger partial charge >= 0.3 is 0 Å². The van der Waals surface area contributed by atoms with Crippen LogP contribution in [-0.4, -0.2) is 49.7 Å². The van der Waals surface area contributed by atoms with E-state index in [-0.39, 0.29) is 11.3 Å². The highest BCUT2D eigenvalue weighted by molar-refractivity contribution is 7.89. The molecule has 0 N–H and O–H groups in total. The minimum Gasteiger partial charge on any atom is -0.342 e. The number of likely N-dealkylation sites (tertiary alicyclic amines) is 1. The standard InChI is InChI=1S/C20H30N2O3S/c1-17(2)10-14-21-15-20(12-9-19(21)23)11-6-13-22(16-20)26(24,25)18-7-4-3-5-8-18/h3-5,7-8,17H,6,9-16H2,1-2H3/t20-/m0/s1. The van der Waals surface area contributed by atoms with Crippen molar-refractivity contribution >= 4 is 15.9 Å². The lowest BCUT2D eigenvalue weighted by Crippen LogP contribution is -2.55. The van der Waals surface area contributed by atoms with E-state index in [0.29, 0.717) is 36.9 Å². The lowest BCUT2D eigenvalue weighted by atomic mass is 9.74. The summed E-state index contributed by atoms with van der Waals surface area (Å²) in [6, 6.07) is 8.68. The smallest absolute Gasteiger partial charge is 0.243 e. The van der Waals surface area contributed by atoms with Crippen LogP contribution in [0, 0.1) is 11.3 Å². The molecule has 1 aromatic carbocycles. The number of nitrogens with zero attached hydrogens (tertiary/aromatic N) is 2. The van der Waals surface area contributed by atoms with E-state index in [1.54, 1.807) is 28.6 Å². The molecule has 1 amide bonds.